The van der Waals surface area contributed by atoms with Crippen molar-refractivity contribution in [2.45, 2.75) is 13.5 Å². The molecule has 1 aromatic heterocycles. The summed E-state index contributed by atoms with van der Waals surface area (Å²) in [5.41, 5.74) is 10.5. The molecule has 0 saturated carbocycles. The first-order valence-corrected chi connectivity index (χ1v) is 6.89. The van der Waals surface area contributed by atoms with Crippen molar-refractivity contribution in [3.63, 3.8) is 0 Å². The molecule has 0 aliphatic heterocycles. The van der Waals surface area contributed by atoms with Gasteiger partial charge in [0.2, 0.25) is 5.95 Å². The summed E-state index contributed by atoms with van der Waals surface area (Å²) in [6, 6.07) is 14.5. The molecule has 2 N–H and O–H groups in total. The predicted molar refractivity (Wildman–Crippen MR) is 82.1 cm³/mol. The third-order valence-electron chi connectivity index (χ3n) is 3.20. The van der Waals surface area contributed by atoms with E-state index in [2.05, 4.69) is 52.1 Å². The number of anilines is 1. The van der Waals surface area contributed by atoms with Gasteiger partial charge in [0.15, 0.2) is 0 Å². The van der Waals surface area contributed by atoms with Gasteiger partial charge in [0.05, 0.1) is 17.6 Å². The first kappa shape index (κ1) is 12.2. The fourth-order valence-electron chi connectivity index (χ4n) is 2.16. The van der Waals surface area contributed by atoms with Crippen LogP contribution in [0.25, 0.3) is 11.0 Å². The van der Waals surface area contributed by atoms with Crippen LogP contribution in [0.15, 0.2) is 46.9 Å². The Balaban J connectivity index is 2.05. The molecule has 0 saturated heterocycles. The number of rotatable bonds is 2. The number of aryl methyl sites for hydroxylation is 1. The highest BCUT2D eigenvalue weighted by Crippen LogP contribution is 2.23. The van der Waals surface area contributed by atoms with E-state index in [-0.39, 0.29) is 0 Å². The minimum atomic E-state index is 0.550. The molecule has 4 heteroatoms. The Morgan fingerprint density at radius 1 is 1.16 bits per heavy atom. The topological polar surface area (TPSA) is 43.8 Å². The Kier molecular flexibility index (Phi) is 3.03. The Morgan fingerprint density at radius 2 is 1.89 bits per heavy atom. The summed E-state index contributed by atoms with van der Waals surface area (Å²) in [7, 11) is 0. The van der Waals surface area contributed by atoms with Gasteiger partial charge in [-0.25, -0.2) is 4.98 Å². The average molecular weight is 316 g/mol. The number of fused-ring (bicyclic) bond motifs is 1. The van der Waals surface area contributed by atoms with Crippen molar-refractivity contribution >= 4 is 32.9 Å². The van der Waals surface area contributed by atoms with Crippen LogP contribution in [-0.2, 0) is 6.54 Å². The Morgan fingerprint density at radius 3 is 2.63 bits per heavy atom. The molecule has 0 bridgehead atoms. The maximum absolute atomic E-state index is 6.02. The highest BCUT2D eigenvalue weighted by molar-refractivity contribution is 9.10. The fourth-order valence-corrected chi connectivity index (χ4v) is 2.51. The van der Waals surface area contributed by atoms with E-state index in [4.69, 9.17) is 5.73 Å². The van der Waals surface area contributed by atoms with Crippen LogP contribution in [0.5, 0.6) is 0 Å². The van der Waals surface area contributed by atoms with E-state index in [0.717, 1.165) is 22.1 Å². The second-order valence-corrected chi connectivity index (χ2v) is 5.59. The normalized spacial score (nSPS) is 11.1. The lowest BCUT2D eigenvalue weighted by atomic mass is 10.1. The van der Waals surface area contributed by atoms with Gasteiger partial charge < -0.3 is 10.3 Å². The molecule has 1 heterocycles. The molecule has 0 unspecified atom stereocenters. The number of imidazole rings is 1. The summed E-state index contributed by atoms with van der Waals surface area (Å²) < 4.78 is 3.05. The molecule has 96 valence electrons. The number of halogens is 1. The maximum Gasteiger partial charge on any atom is 0.201 e. The number of nitrogens with two attached hydrogens (primary N) is 1. The highest BCUT2D eigenvalue weighted by atomic mass is 79.9. The standard InChI is InChI=1S/C15H14BrN3/c1-10-2-4-11(5-3-10)9-19-14-7-6-12(16)8-13(14)18-15(19)17/h2-8H,9H2,1H3,(H2,17,18). The molecule has 0 atom stereocenters. The molecule has 3 rings (SSSR count). The lowest BCUT2D eigenvalue weighted by Gasteiger charge is -2.07. The highest BCUT2D eigenvalue weighted by Gasteiger charge is 2.08. The molecule has 0 aliphatic rings. The van der Waals surface area contributed by atoms with Gasteiger partial charge in [0, 0.05) is 4.47 Å². The van der Waals surface area contributed by atoms with Crippen LogP contribution >= 0.6 is 15.9 Å². The lowest BCUT2D eigenvalue weighted by molar-refractivity contribution is 0.838. The number of aromatic nitrogens is 2. The van der Waals surface area contributed by atoms with Crippen LogP contribution in [0.1, 0.15) is 11.1 Å². The maximum atomic E-state index is 6.02. The van der Waals surface area contributed by atoms with E-state index in [1.165, 1.54) is 11.1 Å². The molecule has 0 amide bonds. The third-order valence-corrected chi connectivity index (χ3v) is 3.69. The first-order valence-electron chi connectivity index (χ1n) is 6.10. The zero-order chi connectivity index (χ0) is 13.4. The summed E-state index contributed by atoms with van der Waals surface area (Å²) in [6.07, 6.45) is 0. The summed E-state index contributed by atoms with van der Waals surface area (Å²) in [5.74, 6) is 0.550. The molecular weight excluding hydrogens is 302 g/mol. The van der Waals surface area contributed by atoms with Crippen molar-refractivity contribution in [2.24, 2.45) is 0 Å². The quantitative estimate of drug-likeness (QED) is 0.783. The zero-order valence-electron chi connectivity index (χ0n) is 10.6. The molecule has 0 spiro atoms. The van der Waals surface area contributed by atoms with Crippen molar-refractivity contribution in [1.29, 1.82) is 0 Å². The van der Waals surface area contributed by atoms with Crippen molar-refractivity contribution < 1.29 is 0 Å². The van der Waals surface area contributed by atoms with Gasteiger partial charge in [0.25, 0.3) is 0 Å². The number of nitrogens with zero attached hydrogens (tertiary/aromatic N) is 2. The van der Waals surface area contributed by atoms with E-state index in [9.17, 15) is 0 Å². The van der Waals surface area contributed by atoms with Crippen LogP contribution in [0.4, 0.5) is 5.95 Å². The Hall–Kier alpha value is -1.81. The molecule has 3 aromatic rings. The van der Waals surface area contributed by atoms with E-state index >= 15 is 0 Å². The molecule has 19 heavy (non-hydrogen) atoms. The summed E-state index contributed by atoms with van der Waals surface area (Å²) in [6.45, 7) is 2.83. The lowest BCUT2D eigenvalue weighted by Crippen LogP contribution is -2.04. The van der Waals surface area contributed by atoms with Crippen LogP contribution in [-0.4, -0.2) is 9.55 Å². The number of hydrogen-bond donors (Lipinski definition) is 1. The van der Waals surface area contributed by atoms with Crippen LogP contribution < -0.4 is 5.73 Å². The van der Waals surface area contributed by atoms with Gasteiger partial charge >= 0.3 is 0 Å². The predicted octanol–water partition coefficient (Wildman–Crippen LogP) is 3.74. The minimum absolute atomic E-state index is 0.550. The summed E-state index contributed by atoms with van der Waals surface area (Å²) in [5, 5.41) is 0. The molecule has 2 aromatic carbocycles. The Labute approximate surface area is 120 Å². The van der Waals surface area contributed by atoms with Gasteiger partial charge in [-0.2, -0.15) is 0 Å². The van der Waals surface area contributed by atoms with Gasteiger partial charge in [-0.15, -0.1) is 0 Å². The molecular formula is C15H14BrN3. The van der Waals surface area contributed by atoms with E-state index in [1.54, 1.807) is 0 Å². The molecule has 0 radical (unpaired) electrons. The Bertz CT molecular complexity index is 729. The van der Waals surface area contributed by atoms with Crippen molar-refractivity contribution in [1.82, 2.24) is 9.55 Å². The second-order valence-electron chi connectivity index (χ2n) is 4.67. The van der Waals surface area contributed by atoms with Crippen molar-refractivity contribution in [3.8, 4) is 0 Å². The van der Waals surface area contributed by atoms with Crippen molar-refractivity contribution in [3.05, 3.63) is 58.1 Å². The van der Waals surface area contributed by atoms with Crippen LogP contribution in [0, 0.1) is 6.92 Å². The second kappa shape index (κ2) is 4.70. The smallest absolute Gasteiger partial charge is 0.201 e. The van der Waals surface area contributed by atoms with Crippen molar-refractivity contribution in [2.75, 3.05) is 5.73 Å². The van der Waals surface area contributed by atoms with E-state index in [1.807, 2.05) is 22.8 Å². The summed E-state index contributed by atoms with van der Waals surface area (Å²) in [4.78, 5) is 4.40. The zero-order valence-corrected chi connectivity index (χ0v) is 12.2. The fraction of sp³-hybridized carbons (Fsp3) is 0.133. The van der Waals surface area contributed by atoms with Crippen LogP contribution in [0.2, 0.25) is 0 Å². The van der Waals surface area contributed by atoms with Crippen LogP contribution in [0.3, 0.4) is 0 Å². The first-order chi connectivity index (χ1) is 9.13. The van der Waals surface area contributed by atoms with Gasteiger partial charge in [-0.3, -0.25) is 0 Å². The average Bonchev–Trinajstić information content (AvgIpc) is 2.68. The number of nitrogen functional groups attached to an aromatic ring is 1. The summed E-state index contributed by atoms with van der Waals surface area (Å²) >= 11 is 3.45. The van der Waals surface area contributed by atoms with Gasteiger partial charge in [-0.1, -0.05) is 45.8 Å². The van der Waals surface area contributed by atoms with E-state index in [0.29, 0.717) is 5.95 Å². The third kappa shape index (κ3) is 2.36. The number of benzene rings is 2. The molecule has 0 aliphatic carbocycles. The largest absolute Gasteiger partial charge is 0.369 e. The number of hydrogen-bond acceptors (Lipinski definition) is 2. The molecule has 3 nitrogen and oxygen atoms in total. The molecule has 0 fully saturated rings. The van der Waals surface area contributed by atoms with E-state index < -0.39 is 0 Å². The SMILES string of the molecule is Cc1ccc(Cn2c(N)nc3cc(Br)ccc32)cc1. The minimum Gasteiger partial charge on any atom is -0.369 e. The van der Waals surface area contributed by atoms with Gasteiger partial charge in [0.1, 0.15) is 0 Å². The monoisotopic (exact) mass is 315 g/mol. The van der Waals surface area contributed by atoms with Gasteiger partial charge in [-0.05, 0) is 30.7 Å².